The molecule has 146 valence electrons. The van der Waals surface area contributed by atoms with Crippen LogP contribution < -0.4 is 9.64 Å². The summed E-state index contributed by atoms with van der Waals surface area (Å²) >= 11 is 6.15. The number of amides is 2. The van der Waals surface area contributed by atoms with Gasteiger partial charge in [-0.3, -0.25) is 24.6 Å². The molecule has 8 nitrogen and oxygen atoms in total. The number of nitro groups is 1. The van der Waals surface area contributed by atoms with Crippen LogP contribution in [0.15, 0.2) is 42.5 Å². The second kappa shape index (κ2) is 8.26. The number of ether oxygens (including phenoxy) is 1. The number of rotatable bonds is 6. The molecule has 0 radical (unpaired) electrons. The highest BCUT2D eigenvalue weighted by Crippen LogP contribution is 2.27. The number of nitrogens with zero attached hydrogens (tertiary/aromatic N) is 3. The molecule has 9 heteroatoms. The van der Waals surface area contributed by atoms with Crippen LogP contribution in [0.4, 0.5) is 11.4 Å². The lowest BCUT2D eigenvalue weighted by Gasteiger charge is -2.28. The predicted molar refractivity (Wildman–Crippen MR) is 104 cm³/mol. The van der Waals surface area contributed by atoms with Gasteiger partial charge in [0.2, 0.25) is 5.91 Å². The van der Waals surface area contributed by atoms with Gasteiger partial charge in [0, 0.05) is 30.8 Å². The molecule has 28 heavy (non-hydrogen) atoms. The molecule has 1 heterocycles. The zero-order chi connectivity index (χ0) is 20.3. The fourth-order valence-electron chi connectivity index (χ4n) is 2.99. The molecule has 0 bridgehead atoms. The Balaban J connectivity index is 1.99. The molecule has 2 aromatic rings. The van der Waals surface area contributed by atoms with Gasteiger partial charge in [0.15, 0.2) is 0 Å². The van der Waals surface area contributed by atoms with Gasteiger partial charge in [-0.15, -0.1) is 0 Å². The Kier molecular flexibility index (Phi) is 5.79. The van der Waals surface area contributed by atoms with Crippen molar-refractivity contribution in [3.8, 4) is 5.75 Å². The molecule has 1 aliphatic rings. The van der Waals surface area contributed by atoms with Crippen molar-refractivity contribution >= 4 is 34.8 Å². The SMILES string of the molecule is COc1ccc(N(CN2CCCC2=O)C(=O)c2cc([N+](=O)[O-])ccc2Cl)cc1. The average molecular weight is 404 g/mol. The molecule has 0 unspecified atom stereocenters. The van der Waals surface area contributed by atoms with Gasteiger partial charge in [0.05, 0.1) is 22.6 Å². The minimum Gasteiger partial charge on any atom is -0.497 e. The van der Waals surface area contributed by atoms with E-state index in [4.69, 9.17) is 16.3 Å². The topological polar surface area (TPSA) is 93.0 Å². The van der Waals surface area contributed by atoms with Gasteiger partial charge in [-0.25, -0.2) is 0 Å². The van der Waals surface area contributed by atoms with Gasteiger partial charge < -0.3 is 9.64 Å². The van der Waals surface area contributed by atoms with Crippen LogP contribution in [-0.4, -0.2) is 42.0 Å². The van der Waals surface area contributed by atoms with Crippen molar-refractivity contribution in [1.82, 2.24) is 4.90 Å². The lowest BCUT2D eigenvalue weighted by atomic mass is 10.1. The van der Waals surface area contributed by atoms with Crippen molar-refractivity contribution in [2.45, 2.75) is 12.8 Å². The van der Waals surface area contributed by atoms with E-state index in [0.29, 0.717) is 24.4 Å². The van der Waals surface area contributed by atoms with Crippen LogP contribution >= 0.6 is 11.6 Å². The van der Waals surface area contributed by atoms with E-state index in [9.17, 15) is 19.7 Å². The number of carbonyl (C=O) groups excluding carboxylic acids is 2. The second-order valence-corrected chi connectivity index (χ2v) is 6.66. The summed E-state index contributed by atoms with van der Waals surface area (Å²) in [5.41, 5.74) is 0.283. The van der Waals surface area contributed by atoms with E-state index in [0.717, 1.165) is 12.5 Å². The average Bonchev–Trinajstić information content (AvgIpc) is 3.10. The molecule has 1 fully saturated rings. The van der Waals surface area contributed by atoms with Crippen LogP contribution in [0, 0.1) is 10.1 Å². The van der Waals surface area contributed by atoms with Crippen molar-refractivity contribution in [2.24, 2.45) is 0 Å². The van der Waals surface area contributed by atoms with Crippen LogP contribution in [0.25, 0.3) is 0 Å². The molecule has 1 aliphatic heterocycles. The number of hydrogen-bond acceptors (Lipinski definition) is 5. The number of carbonyl (C=O) groups is 2. The first-order chi connectivity index (χ1) is 13.4. The normalized spacial score (nSPS) is 13.5. The van der Waals surface area contributed by atoms with Crippen LogP contribution in [0.2, 0.25) is 5.02 Å². The molecule has 2 amide bonds. The van der Waals surface area contributed by atoms with E-state index in [1.165, 1.54) is 24.1 Å². The van der Waals surface area contributed by atoms with Gasteiger partial charge >= 0.3 is 0 Å². The fraction of sp³-hybridized carbons (Fsp3) is 0.263. The fourth-order valence-corrected chi connectivity index (χ4v) is 3.18. The Morgan fingerprint density at radius 1 is 1.29 bits per heavy atom. The van der Waals surface area contributed by atoms with E-state index < -0.39 is 10.8 Å². The molecule has 0 saturated carbocycles. The highest BCUT2D eigenvalue weighted by atomic mass is 35.5. The predicted octanol–water partition coefficient (Wildman–Crippen LogP) is 3.48. The van der Waals surface area contributed by atoms with Gasteiger partial charge in [-0.05, 0) is 36.8 Å². The maximum Gasteiger partial charge on any atom is 0.270 e. The third-order valence-corrected chi connectivity index (χ3v) is 4.83. The molecule has 3 rings (SSSR count). The van der Waals surface area contributed by atoms with Crippen LogP contribution in [0.5, 0.6) is 5.75 Å². The van der Waals surface area contributed by atoms with Crippen molar-refractivity contribution in [3.63, 3.8) is 0 Å². The molecule has 2 aromatic carbocycles. The zero-order valence-corrected chi connectivity index (χ0v) is 15.9. The van der Waals surface area contributed by atoms with E-state index in [1.54, 1.807) is 29.2 Å². The number of non-ortho nitro benzene ring substituents is 1. The number of methoxy groups -OCH3 is 1. The summed E-state index contributed by atoms with van der Waals surface area (Å²) in [7, 11) is 1.53. The van der Waals surface area contributed by atoms with Crippen LogP contribution in [0.1, 0.15) is 23.2 Å². The summed E-state index contributed by atoms with van der Waals surface area (Å²) in [6, 6.07) is 10.5. The molecule has 0 aliphatic carbocycles. The number of halogens is 1. The summed E-state index contributed by atoms with van der Waals surface area (Å²) in [5, 5.41) is 11.2. The van der Waals surface area contributed by atoms with Gasteiger partial charge in [-0.2, -0.15) is 0 Å². The largest absolute Gasteiger partial charge is 0.497 e. The quantitative estimate of drug-likeness (QED) is 0.543. The van der Waals surface area contributed by atoms with Gasteiger partial charge in [-0.1, -0.05) is 11.6 Å². The maximum absolute atomic E-state index is 13.2. The number of benzene rings is 2. The van der Waals surface area contributed by atoms with E-state index in [-0.39, 0.29) is 28.8 Å². The van der Waals surface area contributed by atoms with E-state index >= 15 is 0 Å². The first kappa shape index (κ1) is 19.6. The lowest BCUT2D eigenvalue weighted by molar-refractivity contribution is -0.384. The number of hydrogen-bond donors (Lipinski definition) is 0. The Labute approximate surface area is 166 Å². The second-order valence-electron chi connectivity index (χ2n) is 6.25. The summed E-state index contributed by atoms with van der Waals surface area (Å²) in [6.45, 7) is 0.574. The summed E-state index contributed by atoms with van der Waals surface area (Å²) in [4.78, 5) is 38.8. The molecule has 1 saturated heterocycles. The standard InChI is InChI=1S/C19H18ClN3O5/c1-28-15-7-4-13(5-8-15)22(12-21-10-2-3-18(21)24)19(25)16-11-14(23(26)27)6-9-17(16)20/h4-9,11H,2-3,10,12H2,1H3. The Morgan fingerprint density at radius 3 is 2.57 bits per heavy atom. The molecule has 0 atom stereocenters. The highest BCUT2D eigenvalue weighted by Gasteiger charge is 2.28. The van der Waals surface area contributed by atoms with Crippen LogP contribution in [-0.2, 0) is 4.79 Å². The smallest absolute Gasteiger partial charge is 0.270 e. The maximum atomic E-state index is 13.2. The minimum atomic E-state index is -0.588. The monoisotopic (exact) mass is 403 g/mol. The van der Waals surface area contributed by atoms with Crippen molar-refractivity contribution in [2.75, 3.05) is 25.2 Å². The van der Waals surface area contributed by atoms with Crippen molar-refractivity contribution in [3.05, 3.63) is 63.2 Å². The van der Waals surface area contributed by atoms with Crippen molar-refractivity contribution < 1.29 is 19.2 Å². The third kappa shape index (κ3) is 4.07. The molecule has 0 aromatic heterocycles. The summed E-state index contributed by atoms with van der Waals surface area (Å²) in [6.07, 6.45) is 1.16. The Hall–Kier alpha value is -3.13. The number of nitro benzene ring substituents is 1. The summed E-state index contributed by atoms with van der Waals surface area (Å²) in [5.74, 6) is 0.0387. The number of anilines is 1. The first-order valence-corrected chi connectivity index (χ1v) is 8.96. The Morgan fingerprint density at radius 2 is 2.00 bits per heavy atom. The minimum absolute atomic E-state index is 0.00155. The van der Waals surface area contributed by atoms with E-state index in [2.05, 4.69) is 0 Å². The van der Waals surface area contributed by atoms with Gasteiger partial charge in [0.25, 0.3) is 11.6 Å². The van der Waals surface area contributed by atoms with Gasteiger partial charge in [0.1, 0.15) is 12.4 Å². The molecule has 0 N–H and O–H groups in total. The molecular formula is C19H18ClN3O5. The molecule has 0 spiro atoms. The van der Waals surface area contributed by atoms with Crippen LogP contribution in [0.3, 0.4) is 0 Å². The van der Waals surface area contributed by atoms with Crippen molar-refractivity contribution in [1.29, 1.82) is 0 Å². The number of likely N-dealkylation sites (tertiary alicyclic amines) is 1. The first-order valence-electron chi connectivity index (χ1n) is 8.58. The third-order valence-electron chi connectivity index (χ3n) is 4.50. The molecular weight excluding hydrogens is 386 g/mol. The summed E-state index contributed by atoms with van der Waals surface area (Å²) < 4.78 is 5.14. The van der Waals surface area contributed by atoms with E-state index in [1.807, 2.05) is 0 Å². The highest BCUT2D eigenvalue weighted by molar-refractivity contribution is 6.34. The zero-order valence-electron chi connectivity index (χ0n) is 15.1. The lowest BCUT2D eigenvalue weighted by Crippen LogP contribution is -2.42. The Bertz CT molecular complexity index is 916.